The summed E-state index contributed by atoms with van der Waals surface area (Å²) in [5.74, 6) is 0.811. The van der Waals surface area contributed by atoms with Gasteiger partial charge in [0.2, 0.25) is 0 Å². The summed E-state index contributed by atoms with van der Waals surface area (Å²) in [4.78, 5) is 6.62. The van der Waals surface area contributed by atoms with Crippen molar-refractivity contribution in [2.45, 2.75) is 25.5 Å². The van der Waals surface area contributed by atoms with Gasteiger partial charge in [-0.3, -0.25) is 4.98 Å². The molecule has 0 atom stereocenters. The molecule has 21 heavy (non-hydrogen) atoms. The van der Waals surface area contributed by atoms with Gasteiger partial charge in [0.15, 0.2) is 0 Å². The van der Waals surface area contributed by atoms with Gasteiger partial charge in [0, 0.05) is 25.2 Å². The molecule has 1 aromatic carbocycles. The van der Waals surface area contributed by atoms with Gasteiger partial charge < -0.3 is 15.4 Å². The third-order valence-corrected chi connectivity index (χ3v) is 3.85. The van der Waals surface area contributed by atoms with E-state index in [9.17, 15) is 0 Å². The van der Waals surface area contributed by atoms with E-state index in [1.54, 1.807) is 6.20 Å². The molecule has 4 nitrogen and oxygen atoms in total. The van der Waals surface area contributed by atoms with E-state index >= 15 is 0 Å². The van der Waals surface area contributed by atoms with Crippen LogP contribution in [-0.2, 0) is 6.61 Å². The quantitative estimate of drug-likeness (QED) is 0.937. The fraction of sp³-hybridized carbons (Fsp3) is 0.353. The summed E-state index contributed by atoms with van der Waals surface area (Å²) in [6, 6.07) is 12.6. The summed E-state index contributed by atoms with van der Waals surface area (Å²) in [5, 5.41) is 0. The van der Waals surface area contributed by atoms with E-state index in [-0.39, 0.29) is 0 Å². The number of aromatic nitrogens is 1. The lowest BCUT2D eigenvalue weighted by molar-refractivity contribution is 0.305. The van der Waals surface area contributed by atoms with Crippen LogP contribution in [0.2, 0.25) is 0 Å². The predicted octanol–water partition coefficient (Wildman–Crippen LogP) is 2.59. The Morgan fingerprint density at radius 1 is 1.14 bits per heavy atom. The lowest BCUT2D eigenvalue weighted by Crippen LogP contribution is -2.39. The van der Waals surface area contributed by atoms with Crippen LogP contribution < -0.4 is 15.4 Å². The molecule has 2 aromatic rings. The molecule has 2 N–H and O–H groups in total. The number of piperidine rings is 1. The lowest BCUT2D eigenvalue weighted by Gasteiger charge is -2.31. The van der Waals surface area contributed by atoms with Gasteiger partial charge in [0.1, 0.15) is 12.4 Å². The summed E-state index contributed by atoms with van der Waals surface area (Å²) < 4.78 is 5.83. The van der Waals surface area contributed by atoms with Crippen LogP contribution >= 0.6 is 0 Å². The molecule has 0 aliphatic carbocycles. The third kappa shape index (κ3) is 3.73. The Labute approximate surface area is 125 Å². The number of rotatable bonds is 4. The van der Waals surface area contributed by atoms with Crippen molar-refractivity contribution in [1.29, 1.82) is 0 Å². The van der Waals surface area contributed by atoms with E-state index in [2.05, 4.69) is 28.1 Å². The molecule has 3 rings (SSSR count). The highest BCUT2D eigenvalue weighted by atomic mass is 16.5. The second kappa shape index (κ2) is 6.59. The largest absolute Gasteiger partial charge is 0.487 e. The minimum Gasteiger partial charge on any atom is -0.487 e. The maximum atomic E-state index is 5.95. The molecule has 1 aliphatic rings. The number of ether oxygens (including phenoxy) is 1. The zero-order chi connectivity index (χ0) is 14.5. The first-order valence-corrected chi connectivity index (χ1v) is 7.43. The molecule has 0 radical (unpaired) electrons. The zero-order valence-corrected chi connectivity index (χ0v) is 12.1. The van der Waals surface area contributed by atoms with Gasteiger partial charge in [-0.2, -0.15) is 0 Å². The van der Waals surface area contributed by atoms with Crippen LogP contribution in [0.15, 0.2) is 48.8 Å². The highest BCUT2D eigenvalue weighted by Gasteiger charge is 2.16. The minimum atomic E-state index is 0.340. The van der Waals surface area contributed by atoms with Crippen molar-refractivity contribution in [3.63, 3.8) is 0 Å². The number of nitrogens with two attached hydrogens (primary N) is 1. The molecule has 1 saturated heterocycles. The van der Waals surface area contributed by atoms with Crippen molar-refractivity contribution in [3.05, 3.63) is 54.4 Å². The van der Waals surface area contributed by atoms with Crippen LogP contribution in [-0.4, -0.2) is 24.1 Å². The molecule has 1 aliphatic heterocycles. The Morgan fingerprint density at radius 3 is 2.67 bits per heavy atom. The lowest BCUT2D eigenvalue weighted by atomic mass is 10.1. The number of nitrogens with zero attached hydrogens (tertiary/aromatic N) is 2. The molecule has 0 spiro atoms. The van der Waals surface area contributed by atoms with Gasteiger partial charge in [-0.25, -0.2) is 0 Å². The van der Waals surface area contributed by atoms with E-state index in [1.807, 2.05) is 24.4 Å². The number of hydrogen-bond acceptors (Lipinski definition) is 4. The third-order valence-electron chi connectivity index (χ3n) is 3.85. The average Bonchev–Trinajstić information content (AvgIpc) is 2.55. The Hall–Kier alpha value is -2.07. The fourth-order valence-corrected chi connectivity index (χ4v) is 2.56. The van der Waals surface area contributed by atoms with Crippen molar-refractivity contribution in [2.24, 2.45) is 5.73 Å². The zero-order valence-electron chi connectivity index (χ0n) is 12.1. The molecule has 110 valence electrons. The molecule has 1 aromatic heterocycles. The highest BCUT2D eigenvalue weighted by Crippen LogP contribution is 2.23. The predicted molar refractivity (Wildman–Crippen MR) is 84.4 cm³/mol. The maximum Gasteiger partial charge on any atom is 0.140 e. The highest BCUT2D eigenvalue weighted by molar-refractivity contribution is 5.48. The van der Waals surface area contributed by atoms with Crippen molar-refractivity contribution >= 4 is 5.69 Å². The molecular formula is C17H21N3O. The molecule has 2 heterocycles. The normalized spacial score (nSPS) is 16.0. The van der Waals surface area contributed by atoms with Gasteiger partial charge in [-0.15, -0.1) is 0 Å². The first-order chi connectivity index (χ1) is 10.3. The standard InChI is InChI=1S/C17H21N3O/c18-15-6-8-20(9-7-15)16-10-17(12-19-11-16)21-13-14-4-2-1-3-5-14/h1-5,10-12,15H,6-9,13,18H2. The summed E-state index contributed by atoms with van der Waals surface area (Å²) >= 11 is 0. The monoisotopic (exact) mass is 283 g/mol. The van der Waals surface area contributed by atoms with Crippen LogP contribution in [0.1, 0.15) is 18.4 Å². The SMILES string of the molecule is NC1CCN(c2cncc(OCc3ccccc3)c2)CC1. The van der Waals surface area contributed by atoms with Gasteiger partial charge in [-0.05, 0) is 18.4 Å². The Kier molecular flexibility index (Phi) is 4.36. The first-order valence-electron chi connectivity index (χ1n) is 7.43. The van der Waals surface area contributed by atoms with Gasteiger partial charge in [-0.1, -0.05) is 30.3 Å². The molecule has 1 fully saturated rings. The van der Waals surface area contributed by atoms with Crippen molar-refractivity contribution < 1.29 is 4.74 Å². The van der Waals surface area contributed by atoms with Crippen LogP contribution in [0.4, 0.5) is 5.69 Å². The first kappa shape index (κ1) is 13.9. The van der Waals surface area contributed by atoms with Crippen molar-refractivity contribution in [2.75, 3.05) is 18.0 Å². The van der Waals surface area contributed by atoms with E-state index in [4.69, 9.17) is 10.5 Å². The maximum absolute atomic E-state index is 5.95. The topological polar surface area (TPSA) is 51.4 Å². The molecule has 0 amide bonds. The Bertz CT molecular complexity index is 565. The van der Waals surface area contributed by atoms with Crippen molar-refractivity contribution in [1.82, 2.24) is 4.98 Å². The van der Waals surface area contributed by atoms with Crippen LogP contribution in [0.25, 0.3) is 0 Å². The van der Waals surface area contributed by atoms with Gasteiger partial charge in [0.05, 0.1) is 18.1 Å². The summed E-state index contributed by atoms with van der Waals surface area (Å²) in [6.07, 6.45) is 5.73. The van der Waals surface area contributed by atoms with E-state index in [1.165, 1.54) is 0 Å². The van der Waals surface area contributed by atoms with Crippen molar-refractivity contribution in [3.8, 4) is 5.75 Å². The summed E-state index contributed by atoms with van der Waals surface area (Å²) in [5.41, 5.74) is 8.23. The minimum absolute atomic E-state index is 0.340. The summed E-state index contributed by atoms with van der Waals surface area (Å²) in [7, 11) is 0. The van der Waals surface area contributed by atoms with Crippen LogP contribution in [0, 0.1) is 0 Å². The number of anilines is 1. The Morgan fingerprint density at radius 2 is 1.90 bits per heavy atom. The molecular weight excluding hydrogens is 262 g/mol. The Balaban J connectivity index is 1.63. The molecule has 0 unspecified atom stereocenters. The van der Waals surface area contributed by atoms with E-state index in [0.717, 1.165) is 42.9 Å². The number of benzene rings is 1. The molecule has 0 saturated carbocycles. The van der Waals surface area contributed by atoms with Gasteiger partial charge in [0.25, 0.3) is 0 Å². The number of pyridine rings is 1. The van der Waals surface area contributed by atoms with Crippen LogP contribution in [0.5, 0.6) is 5.75 Å². The second-order valence-corrected chi connectivity index (χ2v) is 5.48. The number of hydrogen-bond donors (Lipinski definition) is 1. The summed E-state index contributed by atoms with van der Waals surface area (Å²) in [6.45, 7) is 2.55. The van der Waals surface area contributed by atoms with Gasteiger partial charge >= 0.3 is 0 Å². The fourth-order valence-electron chi connectivity index (χ4n) is 2.56. The van der Waals surface area contributed by atoms with E-state index in [0.29, 0.717) is 12.6 Å². The second-order valence-electron chi connectivity index (χ2n) is 5.48. The average molecular weight is 283 g/mol. The molecule has 0 bridgehead atoms. The molecule has 4 heteroatoms. The van der Waals surface area contributed by atoms with E-state index < -0.39 is 0 Å². The smallest absolute Gasteiger partial charge is 0.140 e. The van der Waals surface area contributed by atoms with Crippen LogP contribution in [0.3, 0.4) is 0 Å².